The van der Waals surface area contributed by atoms with E-state index in [1.807, 2.05) is 0 Å². The van der Waals surface area contributed by atoms with E-state index < -0.39 is 23.9 Å². The van der Waals surface area contributed by atoms with Crippen LogP contribution in [0.25, 0.3) is 0 Å². The van der Waals surface area contributed by atoms with E-state index in [1.165, 1.54) is 18.2 Å². The fourth-order valence-corrected chi connectivity index (χ4v) is 0.999. The molecule has 1 aromatic rings. The van der Waals surface area contributed by atoms with Crippen molar-refractivity contribution >= 4 is 23.9 Å². The Morgan fingerprint density at radius 3 is 1.25 bits per heavy atom. The Hall–Kier alpha value is -2.98. The Morgan fingerprint density at radius 2 is 1.04 bits per heavy atom. The molecule has 0 amide bonds. The molecule has 0 aliphatic rings. The summed E-state index contributed by atoms with van der Waals surface area (Å²) in [5.41, 5.74) is -0.0372. The van der Waals surface area contributed by atoms with Crippen LogP contribution in [0.5, 0.6) is 0 Å². The van der Waals surface area contributed by atoms with Crippen molar-refractivity contribution in [1.82, 2.24) is 0 Å². The van der Waals surface area contributed by atoms with Gasteiger partial charge in [-0.25, -0.2) is 9.59 Å². The number of aromatic carboxylic acids is 2. The molecule has 0 radical (unpaired) electrons. The number of aliphatic hydroxyl groups is 2. The Labute approximate surface area is 136 Å². The van der Waals surface area contributed by atoms with Crippen molar-refractivity contribution in [2.24, 2.45) is 0 Å². The van der Waals surface area contributed by atoms with E-state index >= 15 is 0 Å². The van der Waals surface area contributed by atoms with Crippen molar-refractivity contribution in [3.05, 3.63) is 35.4 Å². The molecule has 0 aliphatic heterocycles. The molecule has 0 spiro atoms. The normalized spacial score (nSPS) is 8.75. The summed E-state index contributed by atoms with van der Waals surface area (Å²) >= 11 is 0. The zero-order valence-corrected chi connectivity index (χ0v) is 12.5. The number of hydrogen-bond donors (Lipinski definition) is 6. The molecule has 0 aliphatic carbocycles. The van der Waals surface area contributed by atoms with Crippen molar-refractivity contribution in [2.75, 3.05) is 13.2 Å². The first-order valence-electron chi connectivity index (χ1n) is 6.37. The van der Waals surface area contributed by atoms with Crippen molar-refractivity contribution in [2.45, 2.75) is 12.8 Å². The highest BCUT2D eigenvalue weighted by atomic mass is 16.4. The summed E-state index contributed by atoms with van der Waals surface area (Å²) in [6.07, 6.45) is -0.593. The summed E-state index contributed by atoms with van der Waals surface area (Å²) in [6.45, 7) is -0.250. The molecule has 0 bridgehead atoms. The summed E-state index contributed by atoms with van der Waals surface area (Å²) in [5.74, 6) is -4.41. The number of hydrogen-bond acceptors (Lipinski definition) is 6. The fraction of sp³-hybridized carbons (Fsp3) is 0.286. The first-order valence-corrected chi connectivity index (χ1v) is 6.37. The monoisotopic (exact) mass is 346 g/mol. The van der Waals surface area contributed by atoms with Gasteiger partial charge in [0, 0.05) is 0 Å². The van der Waals surface area contributed by atoms with Crippen LogP contribution >= 0.6 is 0 Å². The van der Waals surface area contributed by atoms with E-state index in [1.54, 1.807) is 0 Å². The number of rotatable bonds is 6. The molecule has 0 heterocycles. The van der Waals surface area contributed by atoms with Crippen LogP contribution in [0.1, 0.15) is 33.6 Å². The van der Waals surface area contributed by atoms with Gasteiger partial charge in [0.05, 0.1) is 37.2 Å². The van der Waals surface area contributed by atoms with Crippen LogP contribution in [0.15, 0.2) is 24.3 Å². The van der Waals surface area contributed by atoms with Crippen LogP contribution < -0.4 is 0 Å². The highest BCUT2D eigenvalue weighted by Crippen LogP contribution is 2.04. The van der Waals surface area contributed by atoms with Crippen molar-refractivity contribution in [3.63, 3.8) is 0 Å². The SMILES string of the molecule is O=C(O)CCC(=O)O.O=C(O)c1cccc(C(=O)O)c1.OCCO. The van der Waals surface area contributed by atoms with Crippen LogP contribution in [0, 0.1) is 0 Å². The van der Waals surface area contributed by atoms with Crippen LogP contribution in [0.3, 0.4) is 0 Å². The number of aliphatic carboxylic acids is 2. The molecule has 6 N–H and O–H groups in total. The van der Waals surface area contributed by atoms with E-state index in [2.05, 4.69) is 0 Å². The molecular weight excluding hydrogens is 328 g/mol. The smallest absolute Gasteiger partial charge is 0.335 e. The molecule has 0 atom stereocenters. The van der Waals surface area contributed by atoms with Gasteiger partial charge >= 0.3 is 23.9 Å². The minimum absolute atomic E-state index is 0.0186. The standard InChI is InChI=1S/C8H6O4.C4H6O4.C2H6O2/c9-7(10)5-2-1-3-6(4-5)8(11)12;5-3(6)1-2-4(7)8;3-1-2-4/h1-4H,(H,9,10)(H,11,12);1-2H2,(H,5,6)(H,7,8);3-4H,1-2H2. The minimum atomic E-state index is -1.13. The van der Waals surface area contributed by atoms with Gasteiger partial charge in [0.2, 0.25) is 0 Å². The average Bonchev–Trinajstić information content (AvgIpc) is 2.53. The zero-order chi connectivity index (χ0) is 19.1. The summed E-state index contributed by atoms with van der Waals surface area (Å²) in [6, 6.07) is 5.20. The maximum absolute atomic E-state index is 10.4. The van der Waals surface area contributed by atoms with Crippen molar-refractivity contribution < 1.29 is 49.8 Å². The van der Waals surface area contributed by atoms with Gasteiger partial charge in [0.25, 0.3) is 0 Å². The zero-order valence-electron chi connectivity index (χ0n) is 12.5. The number of carbonyl (C=O) groups is 4. The lowest BCUT2D eigenvalue weighted by atomic mass is 10.1. The van der Waals surface area contributed by atoms with E-state index in [0.29, 0.717) is 0 Å². The summed E-state index contributed by atoms with van der Waals surface area (Å²) in [4.78, 5) is 40.0. The quantitative estimate of drug-likeness (QED) is 0.408. The largest absolute Gasteiger partial charge is 0.481 e. The third kappa shape index (κ3) is 14.0. The third-order valence-electron chi connectivity index (χ3n) is 2.01. The van der Waals surface area contributed by atoms with Gasteiger partial charge in [0.1, 0.15) is 0 Å². The lowest BCUT2D eigenvalue weighted by Crippen LogP contribution is -2.01. The van der Waals surface area contributed by atoms with Gasteiger partial charge in [-0.05, 0) is 18.2 Å². The molecule has 24 heavy (non-hydrogen) atoms. The lowest BCUT2D eigenvalue weighted by molar-refractivity contribution is -0.143. The maximum Gasteiger partial charge on any atom is 0.335 e. The second-order valence-corrected chi connectivity index (χ2v) is 3.93. The second kappa shape index (κ2) is 13.7. The molecule has 1 rings (SSSR count). The molecule has 10 heteroatoms. The molecule has 0 saturated carbocycles. The van der Waals surface area contributed by atoms with Crippen molar-refractivity contribution in [3.8, 4) is 0 Å². The van der Waals surface area contributed by atoms with Crippen LogP contribution in [0.4, 0.5) is 0 Å². The van der Waals surface area contributed by atoms with Gasteiger partial charge in [-0.15, -0.1) is 0 Å². The van der Waals surface area contributed by atoms with E-state index in [-0.39, 0.29) is 37.2 Å². The molecule has 0 saturated heterocycles. The fourth-order valence-electron chi connectivity index (χ4n) is 0.999. The first kappa shape index (κ1) is 23.3. The Bertz CT molecular complexity index is 507. The van der Waals surface area contributed by atoms with Gasteiger partial charge in [-0.3, -0.25) is 9.59 Å². The first-order chi connectivity index (χ1) is 11.1. The highest BCUT2D eigenvalue weighted by Gasteiger charge is 2.06. The van der Waals surface area contributed by atoms with Gasteiger partial charge in [0.15, 0.2) is 0 Å². The Balaban J connectivity index is 0. The average molecular weight is 346 g/mol. The number of carboxylic acids is 4. The topological polar surface area (TPSA) is 190 Å². The molecule has 0 fully saturated rings. The van der Waals surface area contributed by atoms with Gasteiger partial charge in [-0.2, -0.15) is 0 Å². The Kier molecular flexibility index (Phi) is 13.3. The van der Waals surface area contributed by atoms with E-state index in [0.717, 1.165) is 6.07 Å². The minimum Gasteiger partial charge on any atom is -0.481 e. The second-order valence-electron chi connectivity index (χ2n) is 3.93. The number of aliphatic hydroxyl groups excluding tert-OH is 2. The molecule has 10 nitrogen and oxygen atoms in total. The molecule has 1 aromatic carbocycles. The van der Waals surface area contributed by atoms with E-state index in [4.69, 9.17) is 30.6 Å². The predicted octanol–water partition coefficient (Wildman–Crippen LogP) is -0.0102. The van der Waals surface area contributed by atoms with Crippen molar-refractivity contribution in [1.29, 1.82) is 0 Å². The Morgan fingerprint density at radius 1 is 0.708 bits per heavy atom. The van der Waals surface area contributed by atoms with Crippen LogP contribution in [-0.4, -0.2) is 67.7 Å². The van der Waals surface area contributed by atoms with Crippen LogP contribution in [0.2, 0.25) is 0 Å². The maximum atomic E-state index is 10.4. The van der Waals surface area contributed by atoms with Gasteiger partial charge in [-0.1, -0.05) is 6.07 Å². The summed E-state index contributed by atoms with van der Waals surface area (Å²) in [5, 5.41) is 48.0. The summed E-state index contributed by atoms with van der Waals surface area (Å²) in [7, 11) is 0. The molecule has 134 valence electrons. The third-order valence-corrected chi connectivity index (χ3v) is 2.01. The predicted molar refractivity (Wildman–Crippen MR) is 79.0 cm³/mol. The number of carboxylic acid groups (broad SMARTS) is 4. The van der Waals surface area contributed by atoms with E-state index in [9.17, 15) is 19.2 Å². The van der Waals surface area contributed by atoms with Gasteiger partial charge < -0.3 is 30.6 Å². The molecule has 0 aromatic heterocycles. The lowest BCUT2D eigenvalue weighted by Gasteiger charge is -1.95. The summed E-state index contributed by atoms with van der Waals surface area (Å²) < 4.78 is 0. The number of benzene rings is 1. The molecular formula is C14H18O10. The highest BCUT2D eigenvalue weighted by molar-refractivity contribution is 5.93. The van der Waals surface area contributed by atoms with Crippen LogP contribution in [-0.2, 0) is 9.59 Å². The molecule has 0 unspecified atom stereocenters.